The van der Waals surface area contributed by atoms with Gasteiger partial charge in [-0.05, 0) is 50.2 Å². The Morgan fingerprint density at radius 1 is 1.12 bits per heavy atom. The molecular formula is C19H21ClN2O3S. The molecule has 5 nitrogen and oxygen atoms in total. The summed E-state index contributed by atoms with van der Waals surface area (Å²) in [4.78, 5) is 24.2. The summed E-state index contributed by atoms with van der Waals surface area (Å²) in [6, 6.07) is 14.2. The van der Waals surface area contributed by atoms with Crippen LogP contribution in [-0.2, 0) is 9.59 Å². The van der Waals surface area contributed by atoms with Crippen LogP contribution in [0.3, 0.4) is 0 Å². The molecule has 138 valence electrons. The van der Waals surface area contributed by atoms with Crippen LogP contribution in [0.5, 0.6) is 5.75 Å². The molecule has 0 spiro atoms. The first-order chi connectivity index (χ1) is 12.5. The Balaban J connectivity index is 1.78. The SMILES string of the molecule is CCOc1ccc(NC(=O)CS[C@H](C)C(=O)Nc2ccccc2Cl)cc1. The Morgan fingerprint density at radius 3 is 2.46 bits per heavy atom. The van der Waals surface area contributed by atoms with Crippen LogP contribution < -0.4 is 15.4 Å². The van der Waals surface area contributed by atoms with Gasteiger partial charge in [0.2, 0.25) is 11.8 Å². The lowest BCUT2D eigenvalue weighted by molar-refractivity contribution is -0.115. The molecule has 0 aliphatic heterocycles. The van der Waals surface area contributed by atoms with Gasteiger partial charge >= 0.3 is 0 Å². The summed E-state index contributed by atoms with van der Waals surface area (Å²) in [5.74, 6) is 0.558. The van der Waals surface area contributed by atoms with Crippen LogP contribution in [0.15, 0.2) is 48.5 Å². The number of amides is 2. The molecule has 2 aromatic carbocycles. The molecule has 2 N–H and O–H groups in total. The van der Waals surface area contributed by atoms with E-state index in [0.717, 1.165) is 5.75 Å². The van der Waals surface area contributed by atoms with Gasteiger partial charge in [-0.3, -0.25) is 9.59 Å². The maximum Gasteiger partial charge on any atom is 0.237 e. The van der Waals surface area contributed by atoms with Crippen molar-refractivity contribution in [1.29, 1.82) is 0 Å². The van der Waals surface area contributed by atoms with Gasteiger partial charge in [-0.2, -0.15) is 0 Å². The van der Waals surface area contributed by atoms with E-state index in [1.165, 1.54) is 11.8 Å². The van der Waals surface area contributed by atoms with Gasteiger partial charge in [0.1, 0.15) is 5.75 Å². The van der Waals surface area contributed by atoms with Crippen LogP contribution in [0, 0.1) is 0 Å². The predicted octanol–water partition coefficient (Wildman–Crippen LogP) is 4.44. The van der Waals surface area contributed by atoms with Crippen molar-refractivity contribution in [2.75, 3.05) is 23.0 Å². The van der Waals surface area contributed by atoms with Crippen molar-refractivity contribution >= 4 is 46.6 Å². The van der Waals surface area contributed by atoms with E-state index < -0.39 is 5.25 Å². The van der Waals surface area contributed by atoms with Crippen LogP contribution in [-0.4, -0.2) is 29.4 Å². The van der Waals surface area contributed by atoms with Crippen LogP contribution in [0.2, 0.25) is 5.02 Å². The molecule has 0 unspecified atom stereocenters. The number of hydrogen-bond donors (Lipinski definition) is 2. The molecule has 2 aromatic rings. The molecule has 0 aliphatic rings. The topological polar surface area (TPSA) is 67.4 Å². The van der Waals surface area contributed by atoms with E-state index >= 15 is 0 Å². The summed E-state index contributed by atoms with van der Waals surface area (Å²) in [5, 5.41) is 5.65. The number of benzene rings is 2. The molecule has 0 aromatic heterocycles. The number of halogens is 1. The van der Waals surface area contributed by atoms with Gasteiger partial charge in [0.25, 0.3) is 0 Å². The van der Waals surface area contributed by atoms with Crippen LogP contribution in [0.4, 0.5) is 11.4 Å². The smallest absolute Gasteiger partial charge is 0.237 e. The fourth-order valence-corrected chi connectivity index (χ4v) is 2.94. The third kappa shape index (κ3) is 6.28. The molecule has 2 amide bonds. The van der Waals surface area contributed by atoms with E-state index in [0.29, 0.717) is 23.0 Å². The number of thioether (sulfide) groups is 1. The monoisotopic (exact) mass is 392 g/mol. The molecule has 2 rings (SSSR count). The highest BCUT2D eigenvalue weighted by Crippen LogP contribution is 2.22. The van der Waals surface area contributed by atoms with Gasteiger partial charge < -0.3 is 15.4 Å². The first-order valence-corrected chi connectivity index (χ1v) is 9.62. The second kappa shape index (κ2) is 10.1. The van der Waals surface area contributed by atoms with Gasteiger partial charge in [0.05, 0.1) is 28.3 Å². The summed E-state index contributed by atoms with van der Waals surface area (Å²) in [6.07, 6.45) is 0. The summed E-state index contributed by atoms with van der Waals surface area (Å²) < 4.78 is 5.36. The van der Waals surface area contributed by atoms with E-state index in [-0.39, 0.29) is 17.6 Å². The molecule has 0 bridgehead atoms. The maximum absolute atomic E-state index is 12.2. The average Bonchev–Trinajstić information content (AvgIpc) is 2.63. The molecule has 0 aliphatic carbocycles. The van der Waals surface area contributed by atoms with Gasteiger partial charge in [0, 0.05) is 5.69 Å². The first-order valence-electron chi connectivity index (χ1n) is 8.19. The largest absolute Gasteiger partial charge is 0.494 e. The molecule has 26 heavy (non-hydrogen) atoms. The zero-order chi connectivity index (χ0) is 18.9. The first kappa shape index (κ1) is 20.1. The van der Waals surface area contributed by atoms with Crippen molar-refractivity contribution in [3.05, 3.63) is 53.6 Å². The minimum absolute atomic E-state index is 0.170. The number of hydrogen-bond acceptors (Lipinski definition) is 4. The Morgan fingerprint density at radius 2 is 1.81 bits per heavy atom. The van der Waals surface area contributed by atoms with Gasteiger partial charge in [0.15, 0.2) is 0 Å². The van der Waals surface area contributed by atoms with E-state index in [1.54, 1.807) is 55.5 Å². The molecule has 0 fully saturated rings. The molecule has 0 saturated carbocycles. The summed E-state index contributed by atoms with van der Waals surface area (Å²) >= 11 is 7.28. The fourth-order valence-electron chi connectivity index (χ4n) is 2.07. The van der Waals surface area contributed by atoms with Crippen molar-refractivity contribution in [3.8, 4) is 5.75 Å². The molecule has 0 radical (unpaired) electrons. The highest BCUT2D eigenvalue weighted by atomic mass is 35.5. The van der Waals surface area contributed by atoms with E-state index in [4.69, 9.17) is 16.3 Å². The summed E-state index contributed by atoms with van der Waals surface area (Å²) in [6.45, 7) is 4.26. The normalized spacial score (nSPS) is 11.5. The van der Waals surface area contributed by atoms with E-state index in [1.807, 2.05) is 6.92 Å². The number of ether oxygens (including phenoxy) is 1. The van der Waals surface area contributed by atoms with Crippen molar-refractivity contribution in [2.24, 2.45) is 0 Å². The zero-order valence-electron chi connectivity index (χ0n) is 14.6. The van der Waals surface area contributed by atoms with Crippen molar-refractivity contribution < 1.29 is 14.3 Å². The Hall–Kier alpha value is -2.18. The molecule has 1 atom stereocenters. The van der Waals surface area contributed by atoms with Crippen LogP contribution >= 0.6 is 23.4 Å². The van der Waals surface area contributed by atoms with Crippen LogP contribution in [0.1, 0.15) is 13.8 Å². The third-order valence-electron chi connectivity index (χ3n) is 3.41. The lowest BCUT2D eigenvalue weighted by Gasteiger charge is -2.13. The van der Waals surface area contributed by atoms with E-state index in [2.05, 4.69) is 10.6 Å². The van der Waals surface area contributed by atoms with E-state index in [9.17, 15) is 9.59 Å². The molecular weight excluding hydrogens is 372 g/mol. The van der Waals surface area contributed by atoms with Gasteiger partial charge in [-0.1, -0.05) is 23.7 Å². The van der Waals surface area contributed by atoms with Crippen LogP contribution in [0.25, 0.3) is 0 Å². The third-order valence-corrected chi connectivity index (χ3v) is 4.89. The number of rotatable bonds is 8. The lowest BCUT2D eigenvalue weighted by Crippen LogP contribution is -2.25. The highest BCUT2D eigenvalue weighted by Gasteiger charge is 2.16. The Bertz CT molecular complexity index is 753. The predicted molar refractivity (Wildman–Crippen MR) is 108 cm³/mol. The Labute approximate surface area is 162 Å². The molecule has 7 heteroatoms. The Kier molecular flexibility index (Phi) is 7.81. The summed E-state index contributed by atoms with van der Waals surface area (Å²) in [7, 11) is 0. The second-order valence-corrected chi connectivity index (χ2v) is 7.16. The number of anilines is 2. The number of carbonyl (C=O) groups is 2. The zero-order valence-corrected chi connectivity index (χ0v) is 16.2. The highest BCUT2D eigenvalue weighted by molar-refractivity contribution is 8.01. The summed E-state index contributed by atoms with van der Waals surface area (Å²) in [5.41, 5.74) is 1.25. The molecule has 0 saturated heterocycles. The fraction of sp³-hybridized carbons (Fsp3) is 0.263. The van der Waals surface area contributed by atoms with Crippen molar-refractivity contribution in [3.63, 3.8) is 0 Å². The maximum atomic E-state index is 12.2. The number of carbonyl (C=O) groups excluding carboxylic acids is 2. The standard InChI is InChI=1S/C19H21ClN2O3S/c1-3-25-15-10-8-14(9-11-15)21-18(23)12-26-13(2)19(24)22-17-7-5-4-6-16(17)20/h4-11,13H,3,12H2,1-2H3,(H,21,23)(H,22,24)/t13-/m1/s1. The van der Waals surface area contributed by atoms with Crippen molar-refractivity contribution in [1.82, 2.24) is 0 Å². The lowest BCUT2D eigenvalue weighted by atomic mass is 10.3. The van der Waals surface area contributed by atoms with Gasteiger partial charge in [-0.25, -0.2) is 0 Å². The second-order valence-electron chi connectivity index (χ2n) is 5.43. The quantitative estimate of drug-likeness (QED) is 0.697. The minimum atomic E-state index is -0.391. The average molecular weight is 393 g/mol. The van der Waals surface area contributed by atoms with Gasteiger partial charge in [-0.15, -0.1) is 11.8 Å². The minimum Gasteiger partial charge on any atom is -0.494 e. The van der Waals surface area contributed by atoms with Crippen molar-refractivity contribution in [2.45, 2.75) is 19.1 Å². The molecule has 0 heterocycles. The number of para-hydroxylation sites is 1. The number of nitrogens with one attached hydrogen (secondary N) is 2.